The highest BCUT2D eigenvalue weighted by atomic mass is 127. The predicted molar refractivity (Wildman–Crippen MR) is 94.2 cm³/mol. The zero-order valence-corrected chi connectivity index (χ0v) is 14.9. The second-order valence-corrected chi connectivity index (χ2v) is 7.05. The molecule has 3 nitrogen and oxygen atoms in total. The van der Waals surface area contributed by atoms with E-state index >= 15 is 0 Å². The van der Waals surface area contributed by atoms with E-state index in [1.54, 1.807) is 0 Å². The van der Waals surface area contributed by atoms with E-state index in [1.807, 2.05) is 0 Å². The molecule has 0 amide bonds. The number of hydrogen-bond acceptors (Lipinski definition) is 3. The molecule has 1 aromatic carbocycles. The zero-order valence-electron chi connectivity index (χ0n) is 12.8. The minimum Gasteiger partial charge on any atom is -0.312 e. The summed E-state index contributed by atoms with van der Waals surface area (Å²) in [7, 11) is 4.49. The average molecular weight is 387 g/mol. The van der Waals surface area contributed by atoms with Crippen LogP contribution in [0.25, 0.3) is 0 Å². The van der Waals surface area contributed by atoms with E-state index in [0.29, 0.717) is 12.1 Å². The molecule has 2 unspecified atom stereocenters. The molecule has 0 aliphatic carbocycles. The monoisotopic (exact) mass is 387 g/mol. The molecule has 0 radical (unpaired) electrons. The van der Waals surface area contributed by atoms with Crippen molar-refractivity contribution in [1.82, 2.24) is 15.1 Å². The lowest BCUT2D eigenvalue weighted by Gasteiger charge is -2.42. The van der Waals surface area contributed by atoms with Gasteiger partial charge in [-0.2, -0.15) is 0 Å². The maximum atomic E-state index is 3.70. The maximum absolute atomic E-state index is 3.70. The molecule has 112 valence electrons. The van der Waals surface area contributed by atoms with Crippen LogP contribution in [-0.4, -0.2) is 62.2 Å². The molecule has 0 saturated carbocycles. The smallest absolute Gasteiger partial charge is 0.0377 e. The number of piperazine rings is 1. The Morgan fingerprint density at radius 1 is 1.25 bits per heavy atom. The Morgan fingerprint density at radius 3 is 2.60 bits per heavy atom. The SMILES string of the molecule is CCNC(Cc1ccc(I)cc1)C1CN(C)CCN1C. The van der Waals surface area contributed by atoms with Gasteiger partial charge in [-0.3, -0.25) is 4.90 Å². The van der Waals surface area contributed by atoms with Gasteiger partial charge in [-0.15, -0.1) is 0 Å². The molecular formula is C16H26IN3. The van der Waals surface area contributed by atoms with Gasteiger partial charge in [0.15, 0.2) is 0 Å². The normalized spacial score (nSPS) is 22.9. The minimum absolute atomic E-state index is 0.521. The Balaban J connectivity index is 2.07. The maximum Gasteiger partial charge on any atom is 0.0377 e. The highest BCUT2D eigenvalue weighted by molar-refractivity contribution is 14.1. The Morgan fingerprint density at radius 2 is 1.95 bits per heavy atom. The van der Waals surface area contributed by atoms with Crippen LogP contribution in [0.1, 0.15) is 12.5 Å². The third-order valence-electron chi connectivity index (χ3n) is 4.20. The van der Waals surface area contributed by atoms with Crippen LogP contribution in [0, 0.1) is 3.57 Å². The summed E-state index contributed by atoms with van der Waals surface area (Å²) in [6, 6.07) is 10.0. The Kier molecular flexibility index (Phi) is 6.26. The number of nitrogens with zero attached hydrogens (tertiary/aromatic N) is 2. The molecule has 2 rings (SSSR count). The summed E-state index contributed by atoms with van der Waals surface area (Å²) in [5, 5.41) is 3.70. The summed E-state index contributed by atoms with van der Waals surface area (Å²) in [5.74, 6) is 0. The van der Waals surface area contributed by atoms with Crippen molar-refractivity contribution in [2.45, 2.75) is 25.4 Å². The van der Waals surface area contributed by atoms with E-state index < -0.39 is 0 Å². The fourth-order valence-corrected chi connectivity index (χ4v) is 3.32. The molecule has 1 fully saturated rings. The van der Waals surface area contributed by atoms with Crippen LogP contribution in [-0.2, 0) is 6.42 Å². The van der Waals surface area contributed by atoms with Crippen LogP contribution in [0.3, 0.4) is 0 Å². The molecule has 1 heterocycles. The second-order valence-electron chi connectivity index (χ2n) is 5.80. The van der Waals surface area contributed by atoms with Gasteiger partial charge in [0.25, 0.3) is 0 Å². The quantitative estimate of drug-likeness (QED) is 0.781. The molecule has 1 aliphatic heterocycles. The molecule has 2 atom stereocenters. The van der Waals surface area contributed by atoms with Gasteiger partial charge in [-0.05, 0) is 67.3 Å². The summed E-state index contributed by atoms with van der Waals surface area (Å²) in [6.07, 6.45) is 1.10. The molecule has 0 spiro atoms. The highest BCUT2D eigenvalue weighted by Crippen LogP contribution is 2.15. The van der Waals surface area contributed by atoms with Crippen molar-refractivity contribution in [3.8, 4) is 0 Å². The highest BCUT2D eigenvalue weighted by Gasteiger charge is 2.29. The topological polar surface area (TPSA) is 18.5 Å². The molecule has 1 N–H and O–H groups in total. The van der Waals surface area contributed by atoms with E-state index in [4.69, 9.17) is 0 Å². The summed E-state index contributed by atoms with van der Waals surface area (Å²) >= 11 is 2.37. The number of hydrogen-bond donors (Lipinski definition) is 1. The molecule has 1 saturated heterocycles. The van der Waals surface area contributed by atoms with Crippen LogP contribution >= 0.6 is 22.6 Å². The number of halogens is 1. The van der Waals surface area contributed by atoms with Crippen LogP contribution in [0.5, 0.6) is 0 Å². The van der Waals surface area contributed by atoms with Gasteiger partial charge in [-0.1, -0.05) is 19.1 Å². The van der Waals surface area contributed by atoms with Gasteiger partial charge in [-0.25, -0.2) is 0 Å². The minimum atomic E-state index is 0.521. The molecule has 4 heteroatoms. The lowest BCUT2D eigenvalue weighted by Crippen LogP contribution is -2.59. The van der Waals surface area contributed by atoms with E-state index in [9.17, 15) is 0 Å². The van der Waals surface area contributed by atoms with Gasteiger partial charge < -0.3 is 10.2 Å². The number of benzene rings is 1. The van der Waals surface area contributed by atoms with Crippen LogP contribution < -0.4 is 5.32 Å². The lowest BCUT2D eigenvalue weighted by atomic mass is 9.96. The van der Waals surface area contributed by atoms with E-state index in [-0.39, 0.29) is 0 Å². The van der Waals surface area contributed by atoms with Gasteiger partial charge in [0.1, 0.15) is 0 Å². The van der Waals surface area contributed by atoms with Crippen molar-refractivity contribution in [3.05, 3.63) is 33.4 Å². The Bertz CT molecular complexity index is 407. The van der Waals surface area contributed by atoms with E-state index in [2.05, 4.69) is 83.0 Å². The summed E-state index contributed by atoms with van der Waals surface area (Å²) < 4.78 is 1.31. The van der Waals surface area contributed by atoms with Gasteiger partial charge in [0.2, 0.25) is 0 Å². The first-order valence-corrected chi connectivity index (χ1v) is 8.54. The fourth-order valence-electron chi connectivity index (χ4n) is 2.96. The van der Waals surface area contributed by atoms with Crippen LogP contribution in [0.2, 0.25) is 0 Å². The van der Waals surface area contributed by atoms with Gasteiger partial charge in [0.05, 0.1) is 0 Å². The average Bonchev–Trinajstić information content (AvgIpc) is 2.43. The number of likely N-dealkylation sites (N-methyl/N-ethyl adjacent to an activating group) is 3. The largest absolute Gasteiger partial charge is 0.312 e. The van der Waals surface area contributed by atoms with Crippen LogP contribution in [0.15, 0.2) is 24.3 Å². The second kappa shape index (κ2) is 7.73. The number of nitrogens with one attached hydrogen (secondary N) is 1. The summed E-state index contributed by atoms with van der Waals surface area (Å²) in [5.41, 5.74) is 1.43. The van der Waals surface area contributed by atoms with Crippen molar-refractivity contribution < 1.29 is 0 Å². The summed E-state index contributed by atoms with van der Waals surface area (Å²) in [6.45, 7) is 6.72. The Hall–Kier alpha value is -0.170. The molecule has 20 heavy (non-hydrogen) atoms. The number of rotatable bonds is 5. The molecular weight excluding hydrogens is 361 g/mol. The molecule has 0 aromatic heterocycles. The lowest BCUT2D eigenvalue weighted by molar-refractivity contribution is 0.0881. The van der Waals surface area contributed by atoms with Crippen molar-refractivity contribution in [2.24, 2.45) is 0 Å². The fraction of sp³-hybridized carbons (Fsp3) is 0.625. The van der Waals surface area contributed by atoms with Crippen molar-refractivity contribution in [1.29, 1.82) is 0 Å². The van der Waals surface area contributed by atoms with Crippen molar-refractivity contribution in [3.63, 3.8) is 0 Å². The first-order chi connectivity index (χ1) is 9.60. The Labute approximate surface area is 136 Å². The van der Waals surface area contributed by atoms with Gasteiger partial charge >= 0.3 is 0 Å². The molecule has 0 bridgehead atoms. The molecule has 1 aliphatic rings. The first-order valence-electron chi connectivity index (χ1n) is 7.46. The zero-order chi connectivity index (χ0) is 14.5. The van der Waals surface area contributed by atoms with E-state index in [0.717, 1.165) is 26.1 Å². The summed E-state index contributed by atoms with van der Waals surface area (Å²) in [4.78, 5) is 4.96. The van der Waals surface area contributed by atoms with Crippen molar-refractivity contribution >= 4 is 22.6 Å². The van der Waals surface area contributed by atoms with Crippen molar-refractivity contribution in [2.75, 3.05) is 40.3 Å². The standard InChI is InChI=1S/C16H26IN3/c1-4-18-15(11-13-5-7-14(17)8-6-13)16-12-19(2)9-10-20(16)3/h5-8,15-16,18H,4,9-12H2,1-3H3. The predicted octanol–water partition coefficient (Wildman–Crippen LogP) is 2.06. The molecule has 1 aromatic rings. The van der Waals surface area contributed by atoms with E-state index in [1.165, 1.54) is 15.7 Å². The first kappa shape index (κ1) is 16.2. The van der Waals surface area contributed by atoms with Crippen LogP contribution in [0.4, 0.5) is 0 Å². The third kappa shape index (κ3) is 4.41. The van der Waals surface area contributed by atoms with Gasteiger partial charge in [0, 0.05) is 35.3 Å². The third-order valence-corrected chi connectivity index (χ3v) is 4.92.